The first-order valence-electron chi connectivity index (χ1n) is 7.30. The second-order valence-corrected chi connectivity index (χ2v) is 5.48. The number of hydrogen-bond acceptors (Lipinski definition) is 1. The zero-order valence-corrected chi connectivity index (χ0v) is 12.1. The number of likely N-dealkylation sites (tertiary alicyclic amines) is 1. The van der Waals surface area contributed by atoms with E-state index in [1.165, 1.54) is 12.0 Å². The molecule has 1 aliphatic heterocycles. The molecule has 104 valence electrons. The Morgan fingerprint density at radius 3 is 2.53 bits per heavy atom. The first-order chi connectivity index (χ1) is 9.13. The Morgan fingerprint density at radius 1 is 1.26 bits per heavy atom. The van der Waals surface area contributed by atoms with Gasteiger partial charge in [0, 0.05) is 17.8 Å². The van der Waals surface area contributed by atoms with Gasteiger partial charge in [-0.3, -0.25) is 0 Å². The minimum Gasteiger partial charge on any atom is -0.319 e. The molecule has 0 aliphatic carbocycles. The van der Waals surface area contributed by atoms with Crippen molar-refractivity contribution in [2.24, 2.45) is 0 Å². The standard InChI is InChI=1S/C16H24N2O/c1-4-14-10-5-6-11-15(14)17-16(19)18-12(2)8-7-9-13(18)3/h5-6,10-13H,4,7-9H2,1-3H3,(H,17,19)/t12-,13-/m1/s1. The Labute approximate surface area is 116 Å². The number of rotatable bonds is 2. The highest BCUT2D eigenvalue weighted by atomic mass is 16.2. The van der Waals surface area contributed by atoms with Crippen molar-refractivity contribution in [1.29, 1.82) is 0 Å². The average molecular weight is 260 g/mol. The molecule has 3 heteroatoms. The molecule has 2 atom stereocenters. The van der Waals surface area contributed by atoms with Crippen molar-refractivity contribution < 1.29 is 4.79 Å². The topological polar surface area (TPSA) is 32.3 Å². The smallest absolute Gasteiger partial charge is 0.319 e. The molecule has 1 N–H and O–H groups in total. The van der Waals surface area contributed by atoms with Gasteiger partial charge in [-0.2, -0.15) is 0 Å². The fourth-order valence-electron chi connectivity index (χ4n) is 2.95. The number of nitrogens with zero attached hydrogens (tertiary/aromatic N) is 1. The van der Waals surface area contributed by atoms with E-state index in [-0.39, 0.29) is 6.03 Å². The van der Waals surface area contributed by atoms with E-state index in [1.54, 1.807) is 0 Å². The van der Waals surface area contributed by atoms with Crippen LogP contribution in [0.15, 0.2) is 24.3 Å². The van der Waals surface area contributed by atoms with Crippen LogP contribution in [-0.4, -0.2) is 23.0 Å². The number of carbonyl (C=O) groups excluding carboxylic acids is 1. The predicted molar refractivity (Wildman–Crippen MR) is 79.5 cm³/mol. The molecule has 2 rings (SSSR count). The lowest BCUT2D eigenvalue weighted by molar-refractivity contribution is 0.133. The van der Waals surface area contributed by atoms with Crippen molar-refractivity contribution in [3.63, 3.8) is 0 Å². The summed E-state index contributed by atoms with van der Waals surface area (Å²) in [6, 6.07) is 8.74. The molecule has 2 amide bonds. The molecule has 0 unspecified atom stereocenters. The average Bonchev–Trinajstić information content (AvgIpc) is 2.39. The Morgan fingerprint density at radius 2 is 1.89 bits per heavy atom. The van der Waals surface area contributed by atoms with Gasteiger partial charge in [-0.1, -0.05) is 25.1 Å². The molecule has 0 spiro atoms. The van der Waals surface area contributed by atoms with Crippen LogP contribution in [0.1, 0.15) is 45.6 Å². The molecule has 1 aromatic rings. The number of carbonyl (C=O) groups is 1. The summed E-state index contributed by atoms with van der Waals surface area (Å²) in [5.74, 6) is 0. The zero-order chi connectivity index (χ0) is 13.8. The molecule has 1 aromatic carbocycles. The number of nitrogens with one attached hydrogen (secondary N) is 1. The minimum absolute atomic E-state index is 0.0422. The molecular formula is C16H24N2O. The Kier molecular flexibility index (Phi) is 4.46. The number of aryl methyl sites for hydroxylation is 1. The van der Waals surface area contributed by atoms with Crippen LogP contribution in [0.2, 0.25) is 0 Å². The van der Waals surface area contributed by atoms with Crippen molar-refractivity contribution in [2.75, 3.05) is 5.32 Å². The van der Waals surface area contributed by atoms with Gasteiger partial charge in [-0.15, -0.1) is 0 Å². The highest BCUT2D eigenvalue weighted by molar-refractivity contribution is 5.90. The Balaban J connectivity index is 2.11. The third-order valence-corrected chi connectivity index (χ3v) is 4.07. The van der Waals surface area contributed by atoms with Gasteiger partial charge < -0.3 is 10.2 Å². The maximum Gasteiger partial charge on any atom is 0.322 e. The summed E-state index contributed by atoms with van der Waals surface area (Å²) in [4.78, 5) is 14.5. The number of hydrogen-bond donors (Lipinski definition) is 1. The van der Waals surface area contributed by atoms with Gasteiger partial charge in [-0.25, -0.2) is 4.79 Å². The first-order valence-corrected chi connectivity index (χ1v) is 7.30. The number of urea groups is 1. The van der Waals surface area contributed by atoms with Crippen LogP contribution in [0.3, 0.4) is 0 Å². The van der Waals surface area contributed by atoms with Gasteiger partial charge in [0.2, 0.25) is 0 Å². The van der Waals surface area contributed by atoms with Crippen molar-refractivity contribution in [3.05, 3.63) is 29.8 Å². The molecule has 0 aromatic heterocycles. The summed E-state index contributed by atoms with van der Waals surface area (Å²) in [6.07, 6.45) is 4.36. The van der Waals surface area contributed by atoms with E-state index in [1.807, 2.05) is 23.1 Å². The molecule has 3 nitrogen and oxygen atoms in total. The summed E-state index contributed by atoms with van der Waals surface area (Å²) in [7, 11) is 0. The van der Waals surface area contributed by atoms with Gasteiger partial charge in [0.15, 0.2) is 0 Å². The summed E-state index contributed by atoms with van der Waals surface area (Å²) in [6.45, 7) is 6.39. The van der Waals surface area contributed by atoms with Crippen molar-refractivity contribution in [3.8, 4) is 0 Å². The van der Waals surface area contributed by atoms with Crippen LogP contribution in [0.25, 0.3) is 0 Å². The zero-order valence-electron chi connectivity index (χ0n) is 12.1. The fraction of sp³-hybridized carbons (Fsp3) is 0.562. The van der Waals surface area contributed by atoms with Gasteiger partial charge in [0.05, 0.1) is 0 Å². The summed E-state index contributed by atoms with van der Waals surface area (Å²) in [5.41, 5.74) is 2.13. The van der Waals surface area contributed by atoms with Gasteiger partial charge in [-0.05, 0) is 51.2 Å². The summed E-state index contributed by atoms with van der Waals surface area (Å²) < 4.78 is 0. The predicted octanol–water partition coefficient (Wildman–Crippen LogP) is 4.04. The second kappa shape index (κ2) is 6.09. The number of anilines is 1. The lowest BCUT2D eigenvalue weighted by atomic mass is 9.98. The quantitative estimate of drug-likeness (QED) is 0.855. The number of benzene rings is 1. The Bertz CT molecular complexity index is 434. The van der Waals surface area contributed by atoms with E-state index in [2.05, 4.69) is 32.2 Å². The molecule has 19 heavy (non-hydrogen) atoms. The molecule has 0 saturated carbocycles. The summed E-state index contributed by atoms with van der Waals surface area (Å²) >= 11 is 0. The first kappa shape index (κ1) is 13.9. The number of amides is 2. The molecule has 1 aliphatic rings. The molecule has 1 saturated heterocycles. The third kappa shape index (κ3) is 3.09. The van der Waals surface area contributed by atoms with Crippen LogP contribution in [0.4, 0.5) is 10.5 Å². The molecule has 1 fully saturated rings. The molecule has 1 heterocycles. The second-order valence-electron chi connectivity index (χ2n) is 5.48. The van der Waals surface area contributed by atoms with Crippen LogP contribution in [0, 0.1) is 0 Å². The van der Waals surface area contributed by atoms with Crippen molar-refractivity contribution in [1.82, 2.24) is 4.90 Å². The van der Waals surface area contributed by atoms with Crippen LogP contribution in [-0.2, 0) is 6.42 Å². The fourth-order valence-corrected chi connectivity index (χ4v) is 2.95. The largest absolute Gasteiger partial charge is 0.322 e. The van der Waals surface area contributed by atoms with Gasteiger partial charge >= 0.3 is 6.03 Å². The minimum atomic E-state index is 0.0422. The Hall–Kier alpha value is -1.51. The molecule has 0 bridgehead atoms. The van der Waals surface area contributed by atoms with Gasteiger partial charge in [0.25, 0.3) is 0 Å². The number of piperidine rings is 1. The SMILES string of the molecule is CCc1ccccc1NC(=O)N1[C@H](C)CCC[C@H]1C. The van der Waals surface area contributed by atoms with Crippen molar-refractivity contribution >= 4 is 11.7 Å². The van der Waals surface area contributed by atoms with E-state index >= 15 is 0 Å². The molecule has 0 radical (unpaired) electrons. The van der Waals surface area contributed by atoms with E-state index in [4.69, 9.17) is 0 Å². The van der Waals surface area contributed by atoms with E-state index in [0.717, 1.165) is 24.9 Å². The normalized spacial score (nSPS) is 23.2. The maximum absolute atomic E-state index is 12.5. The maximum atomic E-state index is 12.5. The highest BCUT2D eigenvalue weighted by Crippen LogP contribution is 2.24. The lowest BCUT2D eigenvalue weighted by Gasteiger charge is -2.39. The van der Waals surface area contributed by atoms with E-state index < -0.39 is 0 Å². The van der Waals surface area contributed by atoms with Gasteiger partial charge in [0.1, 0.15) is 0 Å². The van der Waals surface area contributed by atoms with E-state index in [0.29, 0.717) is 12.1 Å². The van der Waals surface area contributed by atoms with E-state index in [9.17, 15) is 4.79 Å². The van der Waals surface area contributed by atoms with Crippen LogP contribution < -0.4 is 5.32 Å². The molecular weight excluding hydrogens is 236 g/mol. The monoisotopic (exact) mass is 260 g/mol. The van der Waals surface area contributed by atoms with Crippen molar-refractivity contribution in [2.45, 2.75) is 58.5 Å². The lowest BCUT2D eigenvalue weighted by Crippen LogP contribution is -2.49. The third-order valence-electron chi connectivity index (χ3n) is 4.07. The highest BCUT2D eigenvalue weighted by Gasteiger charge is 2.29. The van der Waals surface area contributed by atoms with Crippen LogP contribution >= 0.6 is 0 Å². The number of para-hydroxylation sites is 1. The van der Waals surface area contributed by atoms with Crippen LogP contribution in [0.5, 0.6) is 0 Å². The summed E-state index contributed by atoms with van der Waals surface area (Å²) in [5, 5.41) is 3.08.